The lowest BCUT2D eigenvalue weighted by molar-refractivity contribution is 0.340. The van der Waals surface area contributed by atoms with Gasteiger partial charge < -0.3 is 10.1 Å². The van der Waals surface area contributed by atoms with Gasteiger partial charge in [0.15, 0.2) is 0 Å². The molecule has 0 radical (unpaired) electrons. The summed E-state index contributed by atoms with van der Waals surface area (Å²) in [4.78, 5) is 0. The monoisotopic (exact) mass is 291 g/mol. The molecule has 0 fully saturated rings. The third kappa shape index (κ3) is 3.55. The van der Waals surface area contributed by atoms with Gasteiger partial charge >= 0.3 is 0 Å². The fourth-order valence-corrected chi connectivity index (χ4v) is 3.01. The van der Waals surface area contributed by atoms with Crippen LogP contribution in [0.5, 0.6) is 5.75 Å². The summed E-state index contributed by atoms with van der Waals surface area (Å²) >= 11 is 1.65. The highest BCUT2D eigenvalue weighted by Gasteiger charge is 2.14. The molecule has 20 heavy (non-hydrogen) atoms. The molecule has 1 aromatic heterocycles. The first-order valence-corrected chi connectivity index (χ1v) is 7.90. The third-order valence-corrected chi connectivity index (χ3v) is 4.10. The van der Waals surface area contributed by atoms with E-state index in [1.165, 1.54) is 0 Å². The van der Waals surface area contributed by atoms with Crippen LogP contribution < -0.4 is 10.1 Å². The van der Waals surface area contributed by atoms with Crippen LogP contribution in [0, 0.1) is 0 Å². The van der Waals surface area contributed by atoms with Crippen molar-refractivity contribution in [2.75, 3.05) is 13.2 Å². The van der Waals surface area contributed by atoms with Gasteiger partial charge in [-0.2, -0.15) is 0 Å². The Bertz CT molecular complexity index is 524. The van der Waals surface area contributed by atoms with Crippen molar-refractivity contribution < 1.29 is 4.74 Å². The number of nitrogens with zero attached hydrogens (tertiary/aromatic N) is 2. The smallest absolute Gasteiger partial charge is 0.147 e. The molecule has 2 aromatic rings. The minimum Gasteiger partial charge on any atom is -0.494 e. The summed E-state index contributed by atoms with van der Waals surface area (Å²) in [6, 6.07) is 8.31. The average molecular weight is 291 g/mol. The molecule has 0 bridgehead atoms. The maximum absolute atomic E-state index is 5.45. The summed E-state index contributed by atoms with van der Waals surface area (Å²) in [5, 5.41) is 14.1. The quantitative estimate of drug-likeness (QED) is 0.845. The molecule has 108 valence electrons. The van der Waals surface area contributed by atoms with Crippen LogP contribution in [0.4, 0.5) is 0 Å². The van der Waals surface area contributed by atoms with Crippen LogP contribution in [0.2, 0.25) is 0 Å². The van der Waals surface area contributed by atoms with Crippen LogP contribution in [0.25, 0.3) is 10.6 Å². The Kier molecular flexibility index (Phi) is 5.49. The van der Waals surface area contributed by atoms with Crippen molar-refractivity contribution in [2.24, 2.45) is 0 Å². The van der Waals surface area contributed by atoms with Crippen LogP contribution in [0.1, 0.15) is 38.2 Å². The largest absolute Gasteiger partial charge is 0.494 e. The zero-order valence-corrected chi connectivity index (χ0v) is 13.0. The second-order valence-corrected chi connectivity index (χ2v) is 5.43. The van der Waals surface area contributed by atoms with Gasteiger partial charge in [0.2, 0.25) is 0 Å². The van der Waals surface area contributed by atoms with Crippen LogP contribution in [-0.2, 0) is 0 Å². The van der Waals surface area contributed by atoms with Crippen molar-refractivity contribution >= 4 is 11.3 Å². The maximum atomic E-state index is 5.45. The predicted molar refractivity (Wildman–Crippen MR) is 83.2 cm³/mol. The van der Waals surface area contributed by atoms with Crippen molar-refractivity contribution in [2.45, 2.75) is 33.2 Å². The van der Waals surface area contributed by atoms with E-state index in [4.69, 9.17) is 4.74 Å². The number of nitrogens with one attached hydrogen (secondary N) is 1. The number of benzene rings is 1. The summed E-state index contributed by atoms with van der Waals surface area (Å²) in [5.74, 6) is 0.889. The van der Waals surface area contributed by atoms with Crippen LogP contribution in [0.3, 0.4) is 0 Å². The molecular weight excluding hydrogens is 270 g/mol. The minimum absolute atomic E-state index is 0.300. The van der Waals surface area contributed by atoms with E-state index in [1.807, 2.05) is 31.2 Å². The lowest BCUT2D eigenvalue weighted by Gasteiger charge is -2.10. The Labute approximate surface area is 124 Å². The number of hydrogen-bond donors (Lipinski definition) is 1. The van der Waals surface area contributed by atoms with E-state index in [9.17, 15) is 0 Å². The molecule has 0 spiro atoms. The number of hydrogen-bond acceptors (Lipinski definition) is 5. The lowest BCUT2D eigenvalue weighted by Crippen LogP contribution is -2.19. The standard InChI is InChI=1S/C15H21N3OS/c1-4-13(16-5-2)15-18-17-14(20-15)11-7-9-12(10-8-11)19-6-3/h7-10,13,16H,4-6H2,1-3H3. The molecule has 1 unspecified atom stereocenters. The molecule has 0 saturated carbocycles. The topological polar surface area (TPSA) is 47.0 Å². The Morgan fingerprint density at radius 1 is 1.15 bits per heavy atom. The van der Waals surface area contributed by atoms with Crippen molar-refractivity contribution in [3.63, 3.8) is 0 Å². The Morgan fingerprint density at radius 2 is 1.90 bits per heavy atom. The number of aromatic nitrogens is 2. The second-order valence-electron chi connectivity index (χ2n) is 4.42. The van der Waals surface area contributed by atoms with Crippen LogP contribution in [-0.4, -0.2) is 23.3 Å². The predicted octanol–water partition coefficient (Wildman–Crippen LogP) is 3.66. The molecule has 1 heterocycles. The number of ether oxygens (including phenoxy) is 1. The summed E-state index contributed by atoms with van der Waals surface area (Å²) in [7, 11) is 0. The molecule has 0 aliphatic carbocycles. The van der Waals surface area contributed by atoms with Gasteiger partial charge in [-0.25, -0.2) is 0 Å². The molecule has 0 aliphatic heterocycles. The first kappa shape index (κ1) is 14.9. The molecular formula is C15H21N3OS. The summed E-state index contributed by atoms with van der Waals surface area (Å²) in [5.41, 5.74) is 1.09. The zero-order valence-electron chi connectivity index (χ0n) is 12.2. The van der Waals surface area contributed by atoms with Gasteiger partial charge in [0, 0.05) is 5.56 Å². The molecule has 0 aliphatic rings. The van der Waals surface area contributed by atoms with Gasteiger partial charge in [0.25, 0.3) is 0 Å². The summed E-state index contributed by atoms with van der Waals surface area (Å²) in [6.45, 7) is 7.87. The number of rotatable bonds is 7. The first-order chi connectivity index (χ1) is 9.78. The molecule has 4 nitrogen and oxygen atoms in total. The van der Waals surface area contributed by atoms with Crippen molar-refractivity contribution in [1.82, 2.24) is 15.5 Å². The average Bonchev–Trinajstić information content (AvgIpc) is 2.95. The molecule has 5 heteroatoms. The summed E-state index contributed by atoms with van der Waals surface area (Å²) < 4.78 is 5.45. The van der Waals surface area contributed by atoms with Gasteiger partial charge in [-0.1, -0.05) is 25.2 Å². The van der Waals surface area contributed by atoms with Gasteiger partial charge in [0.1, 0.15) is 15.8 Å². The molecule has 0 saturated heterocycles. The van der Waals surface area contributed by atoms with E-state index in [0.717, 1.165) is 34.3 Å². The summed E-state index contributed by atoms with van der Waals surface area (Å²) in [6.07, 6.45) is 1.02. The van der Waals surface area contributed by atoms with Crippen molar-refractivity contribution in [3.8, 4) is 16.3 Å². The van der Waals surface area contributed by atoms with E-state index >= 15 is 0 Å². The normalized spacial score (nSPS) is 12.3. The zero-order chi connectivity index (χ0) is 14.4. The van der Waals surface area contributed by atoms with Gasteiger partial charge in [0.05, 0.1) is 12.6 Å². The highest BCUT2D eigenvalue weighted by molar-refractivity contribution is 7.14. The maximum Gasteiger partial charge on any atom is 0.147 e. The Balaban J connectivity index is 2.15. The molecule has 1 N–H and O–H groups in total. The van der Waals surface area contributed by atoms with E-state index in [-0.39, 0.29) is 0 Å². The van der Waals surface area contributed by atoms with Crippen molar-refractivity contribution in [3.05, 3.63) is 29.3 Å². The van der Waals surface area contributed by atoms with E-state index in [2.05, 4.69) is 29.4 Å². The van der Waals surface area contributed by atoms with E-state index in [1.54, 1.807) is 11.3 Å². The molecule has 1 aromatic carbocycles. The Hall–Kier alpha value is -1.46. The third-order valence-electron chi connectivity index (χ3n) is 3.01. The fourth-order valence-electron chi connectivity index (χ4n) is 2.01. The minimum atomic E-state index is 0.300. The highest BCUT2D eigenvalue weighted by Crippen LogP contribution is 2.29. The lowest BCUT2D eigenvalue weighted by atomic mass is 10.2. The van der Waals surface area contributed by atoms with Crippen LogP contribution >= 0.6 is 11.3 Å². The molecule has 1 atom stereocenters. The SMILES string of the molecule is CCNC(CC)c1nnc(-c2ccc(OCC)cc2)s1. The first-order valence-electron chi connectivity index (χ1n) is 7.08. The second kappa shape index (κ2) is 7.36. The van der Waals surface area contributed by atoms with E-state index < -0.39 is 0 Å². The van der Waals surface area contributed by atoms with Crippen molar-refractivity contribution in [1.29, 1.82) is 0 Å². The van der Waals surface area contributed by atoms with E-state index in [0.29, 0.717) is 12.6 Å². The van der Waals surface area contributed by atoms with Crippen LogP contribution in [0.15, 0.2) is 24.3 Å². The molecule has 2 rings (SSSR count). The molecule has 0 amide bonds. The van der Waals surface area contributed by atoms with Gasteiger partial charge in [-0.3, -0.25) is 0 Å². The van der Waals surface area contributed by atoms with Gasteiger partial charge in [-0.15, -0.1) is 10.2 Å². The Morgan fingerprint density at radius 3 is 2.50 bits per heavy atom. The van der Waals surface area contributed by atoms with Gasteiger partial charge in [-0.05, 0) is 44.2 Å². The fraction of sp³-hybridized carbons (Fsp3) is 0.467. The highest BCUT2D eigenvalue weighted by atomic mass is 32.1.